The summed E-state index contributed by atoms with van der Waals surface area (Å²) in [6.07, 6.45) is 3.18. The van der Waals surface area contributed by atoms with Crippen molar-refractivity contribution < 1.29 is 61.5 Å². The van der Waals surface area contributed by atoms with Crippen LogP contribution >= 0.6 is 0 Å². The maximum Gasteiger partial charge on any atom is 0.317 e. The zero-order valence-corrected chi connectivity index (χ0v) is 33.1. The lowest BCUT2D eigenvalue weighted by atomic mass is 10.1. The number of carbonyl (C=O) groups is 6. The largest absolute Gasteiger partial charge is 0.480 e. The molecular formula is C33H64N9O12S+. The van der Waals surface area contributed by atoms with Gasteiger partial charge < -0.3 is 41.9 Å². The number of nitrogens with zero attached hydrogens (tertiary/aromatic N) is 5. The van der Waals surface area contributed by atoms with Crippen LogP contribution in [0.4, 0.5) is 0 Å². The molecule has 0 aromatic rings. The predicted molar refractivity (Wildman–Crippen MR) is 201 cm³/mol. The molecule has 1 saturated heterocycles. The number of rotatable bonds is 25. The first-order valence-electron chi connectivity index (χ1n) is 18.6. The van der Waals surface area contributed by atoms with Crippen molar-refractivity contribution in [2.24, 2.45) is 11.5 Å². The van der Waals surface area contributed by atoms with Gasteiger partial charge >= 0.3 is 17.9 Å². The van der Waals surface area contributed by atoms with Crippen molar-refractivity contribution in [2.45, 2.75) is 57.0 Å². The number of carboxylic acids is 3. The van der Waals surface area contributed by atoms with E-state index in [2.05, 4.69) is 10.6 Å². The summed E-state index contributed by atoms with van der Waals surface area (Å²) in [6.45, 7) is 2.18. The van der Waals surface area contributed by atoms with E-state index < -0.39 is 57.8 Å². The number of carboxylic acid groups (broad SMARTS) is 3. The number of aliphatic carboxylic acids is 3. The number of hydrogen-bond acceptors (Lipinski definition) is 13. The minimum atomic E-state index is -4.06. The fourth-order valence-electron chi connectivity index (χ4n) is 6.14. The highest BCUT2D eigenvalue weighted by Gasteiger charge is 2.25. The van der Waals surface area contributed by atoms with Crippen molar-refractivity contribution in [1.82, 2.24) is 30.2 Å². The zero-order chi connectivity index (χ0) is 41.6. The summed E-state index contributed by atoms with van der Waals surface area (Å²) >= 11 is 0. The van der Waals surface area contributed by atoms with Crippen molar-refractivity contribution in [3.8, 4) is 0 Å². The van der Waals surface area contributed by atoms with Crippen LogP contribution in [0.3, 0.4) is 0 Å². The average molecular weight is 811 g/mol. The summed E-state index contributed by atoms with van der Waals surface area (Å²) in [5.74, 6) is -5.03. The molecule has 1 fully saturated rings. The summed E-state index contributed by atoms with van der Waals surface area (Å²) in [4.78, 5) is 79.5. The maximum atomic E-state index is 13.5. The molecule has 3 amide bonds. The third-order valence-corrected chi connectivity index (χ3v) is 10.1. The third-order valence-electron chi connectivity index (χ3n) is 9.30. The van der Waals surface area contributed by atoms with Gasteiger partial charge in [-0.3, -0.25) is 52.9 Å². The average Bonchev–Trinajstić information content (AvgIpc) is 3.05. The predicted octanol–water partition coefficient (Wildman–Crippen LogP) is -3.43. The second-order valence-corrected chi connectivity index (χ2v) is 16.3. The topological polar surface area (TPSA) is 307 Å². The van der Waals surface area contributed by atoms with Gasteiger partial charge in [0.05, 0.1) is 65.2 Å². The van der Waals surface area contributed by atoms with E-state index >= 15 is 0 Å². The van der Waals surface area contributed by atoms with Crippen molar-refractivity contribution in [3.63, 3.8) is 0 Å². The molecule has 21 nitrogen and oxygen atoms in total. The molecule has 1 heterocycles. The van der Waals surface area contributed by atoms with Gasteiger partial charge in [-0.25, -0.2) is 0 Å². The molecule has 22 heteroatoms. The number of nitrogens with two attached hydrogens (primary N) is 2. The highest BCUT2D eigenvalue weighted by molar-refractivity contribution is 7.85. The molecule has 1 aliphatic heterocycles. The van der Waals surface area contributed by atoms with Crippen molar-refractivity contribution in [2.75, 3.05) is 118 Å². The normalized spacial score (nSPS) is 17.3. The molecule has 0 bridgehead atoms. The Bertz CT molecular complexity index is 1320. The quantitative estimate of drug-likeness (QED) is 0.0253. The summed E-state index contributed by atoms with van der Waals surface area (Å²) in [5.41, 5.74) is 10.9. The summed E-state index contributed by atoms with van der Waals surface area (Å²) in [6, 6.07) is -1.70. The molecule has 2 atom stereocenters. The molecule has 1 aliphatic rings. The number of amides is 3. The number of unbranched alkanes of at least 4 members (excludes halogenated alkanes) is 2. The van der Waals surface area contributed by atoms with Gasteiger partial charge in [0.25, 0.3) is 10.1 Å². The second-order valence-electron chi connectivity index (χ2n) is 14.7. The number of nitrogens with one attached hydrogen (secondary N) is 2. The Morgan fingerprint density at radius 1 is 0.673 bits per heavy atom. The molecule has 318 valence electrons. The van der Waals surface area contributed by atoms with E-state index in [0.29, 0.717) is 56.1 Å². The molecule has 0 aromatic heterocycles. The first-order chi connectivity index (χ1) is 25.7. The van der Waals surface area contributed by atoms with Gasteiger partial charge in [-0.2, -0.15) is 8.42 Å². The zero-order valence-electron chi connectivity index (χ0n) is 32.3. The van der Waals surface area contributed by atoms with Gasteiger partial charge in [0.2, 0.25) is 17.7 Å². The van der Waals surface area contributed by atoms with Crippen molar-refractivity contribution in [3.05, 3.63) is 0 Å². The number of quaternary nitrogens is 1. The molecule has 55 heavy (non-hydrogen) atoms. The fraction of sp³-hybridized carbons (Fsp3) is 0.818. The highest BCUT2D eigenvalue weighted by atomic mass is 32.2. The summed E-state index contributed by atoms with van der Waals surface area (Å²) < 4.78 is 31.8. The van der Waals surface area contributed by atoms with E-state index in [1.165, 1.54) is 0 Å². The SMILES string of the molecule is C[N+](C)(CCCC[C@H](NC(=O)CN1CCN(CC(=O)O)CCN(CC(=O)O)CCN(CC(=O)O)CC1)C(=O)NCCCC[C@H](N)C(N)=O)CCCS(=O)(=O)O. The minimum Gasteiger partial charge on any atom is -0.480 e. The van der Waals surface area contributed by atoms with Gasteiger partial charge in [-0.15, -0.1) is 0 Å². The lowest BCUT2D eigenvalue weighted by Gasteiger charge is -2.33. The number of hydrogen-bond donors (Lipinski definition) is 8. The summed E-state index contributed by atoms with van der Waals surface area (Å²) in [5, 5.41) is 34.0. The van der Waals surface area contributed by atoms with Gasteiger partial charge in [-0.05, 0) is 38.5 Å². The number of primary amides is 1. The van der Waals surface area contributed by atoms with E-state index in [4.69, 9.17) is 16.0 Å². The maximum absolute atomic E-state index is 13.5. The Balaban J connectivity index is 3.05. The van der Waals surface area contributed by atoms with E-state index in [9.17, 15) is 52.5 Å². The third kappa shape index (κ3) is 25.3. The van der Waals surface area contributed by atoms with E-state index in [1.807, 2.05) is 14.1 Å². The van der Waals surface area contributed by atoms with Crippen LogP contribution in [0.5, 0.6) is 0 Å². The van der Waals surface area contributed by atoms with Gasteiger partial charge in [-0.1, -0.05) is 0 Å². The highest BCUT2D eigenvalue weighted by Crippen LogP contribution is 2.09. The van der Waals surface area contributed by atoms with Crippen LogP contribution in [0.25, 0.3) is 0 Å². The first kappa shape index (κ1) is 49.5. The molecule has 0 aliphatic carbocycles. The van der Waals surface area contributed by atoms with Crippen LogP contribution in [-0.4, -0.2) is 218 Å². The Hall–Kier alpha value is -3.51. The minimum absolute atomic E-state index is 0.167. The van der Waals surface area contributed by atoms with Gasteiger partial charge in [0.15, 0.2) is 0 Å². The molecule has 0 radical (unpaired) electrons. The van der Waals surface area contributed by atoms with Crippen LogP contribution in [0.1, 0.15) is 44.9 Å². The molecule has 0 aromatic carbocycles. The molecule has 0 unspecified atom stereocenters. The standard InChI is InChI=1S/C33H63N9O12S/c1-42(2,20-7-21-55(52,53)54)19-6-4-9-27(33(51)36-10-5-3-8-26(34)32(35)50)37-28(43)22-38-11-13-39(23-29(44)45)15-17-41(25-31(48)49)18-16-40(14-12-38)24-30(46)47/h26-27H,3-25,34H2,1-2H3,(H7-,35,36,37,43,44,45,46,47,48,49,50,51,52,53,54)/p+1/t26-,27-/m0/s1. The number of carbonyl (C=O) groups excluding carboxylic acids is 3. The van der Waals surface area contributed by atoms with E-state index in [-0.39, 0.29) is 97.3 Å². The van der Waals surface area contributed by atoms with Crippen LogP contribution < -0.4 is 22.1 Å². The molecule has 1 rings (SSSR count). The molecule has 10 N–H and O–H groups in total. The molecule has 0 saturated carbocycles. The second kappa shape index (κ2) is 25.6. The monoisotopic (exact) mass is 810 g/mol. The Morgan fingerprint density at radius 3 is 1.51 bits per heavy atom. The molecular weight excluding hydrogens is 746 g/mol. The van der Waals surface area contributed by atoms with E-state index in [1.54, 1.807) is 19.6 Å². The Morgan fingerprint density at radius 2 is 1.09 bits per heavy atom. The Kier molecular flexibility index (Phi) is 23.1. The smallest absolute Gasteiger partial charge is 0.317 e. The Labute approximate surface area is 323 Å². The molecule has 0 spiro atoms. The van der Waals surface area contributed by atoms with Crippen molar-refractivity contribution in [1.29, 1.82) is 0 Å². The van der Waals surface area contributed by atoms with Gasteiger partial charge in [0.1, 0.15) is 6.04 Å². The lowest BCUT2D eigenvalue weighted by molar-refractivity contribution is -0.890. The van der Waals surface area contributed by atoms with Crippen LogP contribution in [0, 0.1) is 0 Å². The van der Waals surface area contributed by atoms with E-state index in [0.717, 1.165) is 0 Å². The fourth-order valence-corrected chi connectivity index (χ4v) is 6.63. The summed E-state index contributed by atoms with van der Waals surface area (Å²) in [7, 11) is -0.204. The van der Waals surface area contributed by atoms with Crippen LogP contribution in [0.2, 0.25) is 0 Å². The van der Waals surface area contributed by atoms with Crippen molar-refractivity contribution >= 4 is 45.7 Å². The van der Waals surface area contributed by atoms with Crippen LogP contribution in [-0.2, 0) is 38.9 Å². The van der Waals surface area contributed by atoms with Gasteiger partial charge in [0, 0.05) is 65.3 Å². The first-order valence-corrected chi connectivity index (χ1v) is 20.2. The lowest BCUT2D eigenvalue weighted by Crippen LogP contribution is -2.52. The van der Waals surface area contributed by atoms with Crippen LogP contribution in [0.15, 0.2) is 0 Å².